The van der Waals surface area contributed by atoms with Crippen molar-refractivity contribution in [3.05, 3.63) is 51.6 Å². The van der Waals surface area contributed by atoms with Crippen molar-refractivity contribution in [3.8, 4) is 0 Å². The molecule has 6 heteroatoms. The molecule has 1 aromatic carbocycles. The second-order valence-corrected chi connectivity index (χ2v) is 5.10. The number of aromatic nitrogens is 2. The van der Waals surface area contributed by atoms with E-state index in [2.05, 4.69) is 9.72 Å². The molecule has 2 aromatic heterocycles. The number of hydrogen-bond donors (Lipinski definition) is 0. The summed E-state index contributed by atoms with van der Waals surface area (Å²) in [5.74, 6) is -0.460. The van der Waals surface area contributed by atoms with Gasteiger partial charge in [0.05, 0.1) is 18.1 Å². The molecule has 0 N–H and O–H groups in total. The monoisotopic (exact) mass is 286 g/mol. The number of carbonyl (C=O) groups excluding carboxylic acids is 1. The lowest BCUT2D eigenvalue weighted by Gasteiger charge is -1.95. The van der Waals surface area contributed by atoms with Crippen molar-refractivity contribution in [1.29, 1.82) is 0 Å². The van der Waals surface area contributed by atoms with Crippen LogP contribution in [-0.2, 0) is 9.53 Å². The predicted molar refractivity (Wildman–Crippen MR) is 77.9 cm³/mol. The SMILES string of the molecule is COC(=O)/C=C\c1cc(=O)n2c(nc3ccccc32)s1. The number of imidazole rings is 1. The Morgan fingerprint density at radius 3 is 3.00 bits per heavy atom. The first-order valence-corrected chi connectivity index (χ1v) is 6.68. The van der Waals surface area contributed by atoms with Crippen LogP contribution in [0.15, 0.2) is 41.2 Å². The highest BCUT2D eigenvalue weighted by Crippen LogP contribution is 2.19. The third-order valence-corrected chi connectivity index (χ3v) is 3.76. The second kappa shape index (κ2) is 4.90. The molecule has 3 rings (SSSR count). The van der Waals surface area contributed by atoms with Gasteiger partial charge < -0.3 is 4.74 Å². The van der Waals surface area contributed by atoms with Gasteiger partial charge in [-0.2, -0.15) is 0 Å². The summed E-state index contributed by atoms with van der Waals surface area (Å²) in [5.41, 5.74) is 1.39. The highest BCUT2D eigenvalue weighted by molar-refractivity contribution is 7.17. The molecular formula is C14H10N2O3S. The van der Waals surface area contributed by atoms with Crippen LogP contribution in [0.1, 0.15) is 4.88 Å². The fourth-order valence-electron chi connectivity index (χ4n) is 1.91. The number of methoxy groups -OCH3 is 1. The summed E-state index contributed by atoms with van der Waals surface area (Å²) in [6, 6.07) is 8.94. The summed E-state index contributed by atoms with van der Waals surface area (Å²) in [6.07, 6.45) is 2.83. The molecule has 0 saturated carbocycles. The third-order valence-electron chi connectivity index (χ3n) is 2.81. The van der Waals surface area contributed by atoms with Crippen molar-refractivity contribution in [1.82, 2.24) is 9.38 Å². The van der Waals surface area contributed by atoms with Crippen molar-refractivity contribution in [2.45, 2.75) is 0 Å². The average Bonchev–Trinajstić information content (AvgIpc) is 2.83. The van der Waals surface area contributed by atoms with Crippen molar-refractivity contribution < 1.29 is 9.53 Å². The highest BCUT2D eigenvalue weighted by atomic mass is 32.1. The Labute approximate surface area is 117 Å². The van der Waals surface area contributed by atoms with E-state index >= 15 is 0 Å². The van der Waals surface area contributed by atoms with E-state index in [1.165, 1.54) is 30.6 Å². The molecule has 0 atom stereocenters. The summed E-state index contributed by atoms with van der Waals surface area (Å²) in [4.78, 5) is 28.9. The molecular weight excluding hydrogens is 276 g/mol. The second-order valence-electron chi connectivity index (χ2n) is 4.06. The molecule has 0 saturated heterocycles. The molecule has 20 heavy (non-hydrogen) atoms. The van der Waals surface area contributed by atoms with Gasteiger partial charge in [-0.1, -0.05) is 23.5 Å². The van der Waals surface area contributed by atoms with Crippen LogP contribution < -0.4 is 5.56 Å². The van der Waals surface area contributed by atoms with Gasteiger partial charge in [0.15, 0.2) is 4.96 Å². The van der Waals surface area contributed by atoms with Crippen molar-refractivity contribution in [2.75, 3.05) is 7.11 Å². The van der Waals surface area contributed by atoms with Gasteiger partial charge >= 0.3 is 5.97 Å². The normalized spacial score (nSPS) is 11.4. The van der Waals surface area contributed by atoms with Gasteiger partial charge in [-0.05, 0) is 18.2 Å². The van der Waals surface area contributed by atoms with Gasteiger partial charge in [-0.25, -0.2) is 9.78 Å². The first kappa shape index (κ1) is 12.6. The van der Waals surface area contributed by atoms with Crippen LogP contribution in [0, 0.1) is 0 Å². The molecule has 0 aliphatic carbocycles. The van der Waals surface area contributed by atoms with Crippen LogP contribution in [0.25, 0.3) is 22.1 Å². The lowest BCUT2D eigenvalue weighted by Crippen LogP contribution is -2.10. The Morgan fingerprint density at radius 1 is 1.40 bits per heavy atom. The first-order chi connectivity index (χ1) is 9.69. The fraction of sp³-hybridized carbons (Fsp3) is 0.0714. The number of benzene rings is 1. The van der Waals surface area contributed by atoms with Gasteiger partial charge in [0.2, 0.25) is 0 Å². The van der Waals surface area contributed by atoms with E-state index in [0.717, 1.165) is 11.0 Å². The summed E-state index contributed by atoms with van der Waals surface area (Å²) >= 11 is 1.34. The maximum absolute atomic E-state index is 12.2. The van der Waals surface area contributed by atoms with E-state index in [1.54, 1.807) is 10.5 Å². The first-order valence-electron chi connectivity index (χ1n) is 5.86. The minimum Gasteiger partial charge on any atom is -0.466 e. The van der Waals surface area contributed by atoms with E-state index in [-0.39, 0.29) is 5.56 Å². The molecule has 0 unspecified atom stereocenters. The molecule has 0 amide bonds. The van der Waals surface area contributed by atoms with E-state index < -0.39 is 5.97 Å². The standard InChI is InChI=1S/C14H10N2O3S/c1-19-13(18)7-6-9-8-12(17)16-11-5-3-2-4-10(11)15-14(16)20-9/h2-8H,1H3/b7-6-. The summed E-state index contributed by atoms with van der Waals surface area (Å²) in [6.45, 7) is 0. The number of hydrogen-bond acceptors (Lipinski definition) is 5. The zero-order valence-electron chi connectivity index (χ0n) is 10.6. The van der Waals surface area contributed by atoms with Crippen molar-refractivity contribution >= 4 is 39.4 Å². The number of para-hydroxylation sites is 2. The Kier molecular flexibility index (Phi) is 3.08. The quantitative estimate of drug-likeness (QED) is 0.534. The number of ether oxygens (including phenoxy) is 1. The van der Waals surface area contributed by atoms with E-state index in [1.807, 2.05) is 24.3 Å². The van der Waals surface area contributed by atoms with Crippen LogP contribution in [0.5, 0.6) is 0 Å². The lowest BCUT2D eigenvalue weighted by molar-refractivity contribution is -0.134. The maximum Gasteiger partial charge on any atom is 0.330 e. The number of rotatable bonds is 2. The summed E-state index contributed by atoms with van der Waals surface area (Å²) < 4.78 is 6.08. The van der Waals surface area contributed by atoms with Crippen LogP contribution in [-0.4, -0.2) is 22.5 Å². The molecule has 3 aromatic rings. The van der Waals surface area contributed by atoms with Crippen LogP contribution in [0.4, 0.5) is 0 Å². The summed E-state index contributed by atoms with van der Waals surface area (Å²) in [7, 11) is 1.31. The number of esters is 1. The van der Waals surface area contributed by atoms with E-state index in [9.17, 15) is 9.59 Å². The molecule has 5 nitrogen and oxygen atoms in total. The smallest absolute Gasteiger partial charge is 0.330 e. The molecule has 100 valence electrons. The number of nitrogens with zero attached hydrogens (tertiary/aromatic N) is 2. The van der Waals surface area contributed by atoms with Crippen molar-refractivity contribution in [3.63, 3.8) is 0 Å². The average molecular weight is 286 g/mol. The van der Waals surface area contributed by atoms with Gasteiger partial charge in [0, 0.05) is 17.0 Å². The summed E-state index contributed by atoms with van der Waals surface area (Å²) in [5, 5.41) is 0. The zero-order valence-corrected chi connectivity index (χ0v) is 11.4. The number of fused-ring (bicyclic) bond motifs is 3. The topological polar surface area (TPSA) is 60.7 Å². The minimum absolute atomic E-state index is 0.169. The van der Waals surface area contributed by atoms with E-state index in [0.29, 0.717) is 9.84 Å². The molecule has 0 bridgehead atoms. The molecule has 0 aliphatic heterocycles. The minimum atomic E-state index is -0.460. The number of carbonyl (C=O) groups is 1. The van der Waals surface area contributed by atoms with Crippen molar-refractivity contribution in [2.24, 2.45) is 0 Å². The predicted octanol–water partition coefficient (Wildman–Crippen LogP) is 2.10. The molecule has 0 spiro atoms. The van der Waals surface area contributed by atoms with Gasteiger partial charge in [0.25, 0.3) is 5.56 Å². The largest absolute Gasteiger partial charge is 0.466 e. The van der Waals surface area contributed by atoms with Crippen LogP contribution in [0.3, 0.4) is 0 Å². The molecule has 0 radical (unpaired) electrons. The molecule has 0 aliphatic rings. The lowest BCUT2D eigenvalue weighted by atomic mass is 10.3. The van der Waals surface area contributed by atoms with Gasteiger partial charge in [-0.3, -0.25) is 9.20 Å². The maximum atomic E-state index is 12.2. The van der Waals surface area contributed by atoms with Gasteiger partial charge in [-0.15, -0.1) is 0 Å². The Hall–Kier alpha value is -2.47. The van der Waals surface area contributed by atoms with Crippen LogP contribution >= 0.6 is 11.3 Å². The Morgan fingerprint density at radius 2 is 2.20 bits per heavy atom. The van der Waals surface area contributed by atoms with Crippen LogP contribution in [0.2, 0.25) is 0 Å². The Bertz CT molecular complexity index is 892. The molecule has 0 fully saturated rings. The Balaban J connectivity index is 2.20. The van der Waals surface area contributed by atoms with E-state index in [4.69, 9.17) is 0 Å². The molecule has 2 heterocycles. The highest BCUT2D eigenvalue weighted by Gasteiger charge is 2.08. The zero-order chi connectivity index (χ0) is 14.1. The fourth-order valence-corrected chi connectivity index (χ4v) is 2.84. The third kappa shape index (κ3) is 2.10. The van der Waals surface area contributed by atoms with Gasteiger partial charge in [0.1, 0.15) is 0 Å².